The van der Waals surface area contributed by atoms with Crippen molar-refractivity contribution in [2.45, 2.75) is 31.9 Å². The normalized spacial score (nSPS) is 17.9. The lowest BCUT2D eigenvalue weighted by atomic mass is 9.98. The third-order valence-electron chi connectivity index (χ3n) is 6.23. The van der Waals surface area contributed by atoms with E-state index in [1.165, 1.54) is 12.1 Å². The third-order valence-corrected chi connectivity index (χ3v) is 6.23. The Hall–Kier alpha value is -3.75. The quantitative estimate of drug-likeness (QED) is 0.326. The summed E-state index contributed by atoms with van der Waals surface area (Å²) >= 11 is 0. The van der Waals surface area contributed by atoms with E-state index in [0.717, 1.165) is 29.5 Å². The van der Waals surface area contributed by atoms with Gasteiger partial charge in [-0.1, -0.05) is 6.07 Å². The summed E-state index contributed by atoms with van der Waals surface area (Å²) in [4.78, 5) is 21.1. The second kappa shape index (κ2) is 9.85. The lowest BCUT2D eigenvalue weighted by molar-refractivity contribution is -0.0223. The van der Waals surface area contributed by atoms with Crippen molar-refractivity contribution < 1.29 is 23.8 Å². The number of hydrogen-bond acceptors (Lipinski definition) is 6. The first-order chi connectivity index (χ1) is 17.0. The zero-order valence-corrected chi connectivity index (χ0v) is 19.3. The number of carbonyl (C=O) groups is 1. The summed E-state index contributed by atoms with van der Waals surface area (Å²) in [6.45, 7) is 2.34. The molecule has 180 valence electrons. The van der Waals surface area contributed by atoms with Gasteiger partial charge in [-0.25, -0.2) is 9.37 Å². The Labute approximate surface area is 201 Å². The Balaban J connectivity index is 1.40. The monoisotopic (exact) mass is 475 g/mol. The zero-order chi connectivity index (χ0) is 24.4. The molecule has 7 nitrogen and oxygen atoms in total. The fourth-order valence-electron chi connectivity index (χ4n) is 4.41. The number of ether oxygens (including phenoxy) is 2. The van der Waals surface area contributed by atoms with Crippen LogP contribution in [0.15, 0.2) is 60.9 Å². The number of aromatic amines is 1. The number of nitrogens with zero attached hydrogens (tertiary/aromatic N) is 1. The van der Waals surface area contributed by atoms with E-state index >= 15 is 0 Å². The summed E-state index contributed by atoms with van der Waals surface area (Å²) in [5, 5.41) is 13.5. The summed E-state index contributed by atoms with van der Waals surface area (Å²) in [7, 11) is 0. The second-order valence-electron chi connectivity index (χ2n) is 8.71. The van der Waals surface area contributed by atoms with Gasteiger partial charge in [-0.05, 0) is 61.7 Å². The maximum Gasteiger partial charge on any atom is 0.195 e. The average molecular weight is 476 g/mol. The molecule has 3 heterocycles. The van der Waals surface area contributed by atoms with Crippen molar-refractivity contribution in [1.82, 2.24) is 9.97 Å². The Kier molecular flexibility index (Phi) is 6.48. The molecule has 1 aliphatic heterocycles. The number of pyridine rings is 1. The van der Waals surface area contributed by atoms with Crippen LogP contribution in [0.3, 0.4) is 0 Å². The van der Waals surface area contributed by atoms with Crippen molar-refractivity contribution >= 4 is 22.5 Å². The van der Waals surface area contributed by atoms with Gasteiger partial charge in [-0.2, -0.15) is 0 Å². The van der Waals surface area contributed by atoms with Crippen LogP contribution in [0.4, 0.5) is 10.1 Å². The van der Waals surface area contributed by atoms with E-state index in [2.05, 4.69) is 15.3 Å². The molecule has 5 rings (SSSR count). The molecule has 0 aliphatic carbocycles. The van der Waals surface area contributed by atoms with Crippen molar-refractivity contribution in [3.8, 4) is 11.5 Å². The number of aliphatic hydroxyl groups excluding tert-OH is 1. The Morgan fingerprint density at radius 2 is 2.06 bits per heavy atom. The van der Waals surface area contributed by atoms with E-state index in [-0.39, 0.29) is 30.4 Å². The fourth-order valence-corrected chi connectivity index (χ4v) is 4.41. The van der Waals surface area contributed by atoms with Crippen LogP contribution in [0, 0.1) is 12.7 Å². The van der Waals surface area contributed by atoms with E-state index in [1.807, 2.05) is 13.0 Å². The molecule has 2 aromatic carbocycles. The molecule has 0 amide bonds. The number of carbonyl (C=O) groups excluding carboxylic acids is 1. The van der Waals surface area contributed by atoms with E-state index in [0.29, 0.717) is 34.9 Å². The molecule has 1 aliphatic rings. The maximum atomic E-state index is 13.6. The second-order valence-corrected chi connectivity index (χ2v) is 8.71. The van der Waals surface area contributed by atoms with Crippen molar-refractivity contribution in [1.29, 1.82) is 0 Å². The molecule has 8 heteroatoms. The predicted molar refractivity (Wildman–Crippen MR) is 131 cm³/mol. The highest BCUT2D eigenvalue weighted by Crippen LogP contribution is 2.31. The molecular formula is C27H26FN3O4. The molecular weight excluding hydrogens is 449 g/mol. The van der Waals surface area contributed by atoms with Crippen LogP contribution in [0.5, 0.6) is 11.5 Å². The lowest BCUT2D eigenvalue weighted by Gasteiger charge is -2.29. The van der Waals surface area contributed by atoms with E-state index < -0.39 is 0 Å². The number of anilines is 1. The van der Waals surface area contributed by atoms with Crippen molar-refractivity contribution in [2.24, 2.45) is 0 Å². The summed E-state index contributed by atoms with van der Waals surface area (Å²) in [6.07, 6.45) is 4.88. The fraction of sp³-hybridized carbons (Fsp3) is 0.259. The van der Waals surface area contributed by atoms with Gasteiger partial charge in [-0.3, -0.25) is 4.79 Å². The average Bonchev–Trinajstić information content (AvgIpc) is 3.30. The first kappa shape index (κ1) is 23.0. The summed E-state index contributed by atoms with van der Waals surface area (Å²) in [5.74, 6) is 0.392. The SMILES string of the molecule is Cc1cc(Oc2cccc(F)c2)ccc1C(=O)c1c[nH]c2nccc(N[C@@H]3CC[C@@H](CO)OC3)c12. The largest absolute Gasteiger partial charge is 0.457 e. The number of nitrogens with one attached hydrogen (secondary N) is 2. The number of ketones is 1. The van der Waals surface area contributed by atoms with Crippen LogP contribution < -0.4 is 10.1 Å². The Morgan fingerprint density at radius 1 is 1.20 bits per heavy atom. The summed E-state index contributed by atoms with van der Waals surface area (Å²) < 4.78 is 24.9. The van der Waals surface area contributed by atoms with Crippen molar-refractivity contribution in [3.63, 3.8) is 0 Å². The van der Waals surface area contributed by atoms with Crippen LogP contribution in [-0.2, 0) is 4.74 Å². The smallest absolute Gasteiger partial charge is 0.195 e. The molecule has 0 spiro atoms. The third kappa shape index (κ3) is 4.89. The number of rotatable bonds is 7. The van der Waals surface area contributed by atoms with Crippen molar-refractivity contribution in [2.75, 3.05) is 18.5 Å². The number of fused-ring (bicyclic) bond motifs is 1. The lowest BCUT2D eigenvalue weighted by Crippen LogP contribution is -2.36. The molecule has 1 fully saturated rings. The first-order valence-electron chi connectivity index (χ1n) is 11.6. The maximum absolute atomic E-state index is 13.6. The Morgan fingerprint density at radius 3 is 2.80 bits per heavy atom. The number of aliphatic hydroxyl groups is 1. The number of halogens is 1. The molecule has 0 radical (unpaired) electrons. The van der Waals surface area contributed by atoms with Gasteiger partial charge >= 0.3 is 0 Å². The predicted octanol–water partition coefficient (Wildman–Crippen LogP) is 4.99. The molecule has 2 aromatic heterocycles. The number of hydrogen-bond donors (Lipinski definition) is 3. The molecule has 1 saturated heterocycles. The number of aryl methyl sites for hydroxylation is 1. The van der Waals surface area contributed by atoms with Crippen molar-refractivity contribution in [3.05, 3.63) is 83.4 Å². The zero-order valence-electron chi connectivity index (χ0n) is 19.3. The molecule has 2 atom stereocenters. The van der Waals surface area contributed by atoms with E-state index in [4.69, 9.17) is 9.47 Å². The molecule has 35 heavy (non-hydrogen) atoms. The summed E-state index contributed by atoms with van der Waals surface area (Å²) in [6, 6.07) is 13.0. The van der Waals surface area contributed by atoms with Crippen LogP contribution in [-0.4, -0.2) is 46.2 Å². The molecule has 0 unspecified atom stereocenters. The molecule has 4 aromatic rings. The van der Waals surface area contributed by atoms with Crippen LogP contribution in [0.2, 0.25) is 0 Å². The number of aromatic nitrogens is 2. The van der Waals surface area contributed by atoms with Gasteiger partial charge in [0, 0.05) is 35.8 Å². The van der Waals surface area contributed by atoms with Gasteiger partial charge in [0.15, 0.2) is 5.78 Å². The van der Waals surface area contributed by atoms with E-state index in [9.17, 15) is 14.3 Å². The highest BCUT2D eigenvalue weighted by Gasteiger charge is 2.24. The van der Waals surface area contributed by atoms with Crippen LogP contribution in [0.1, 0.15) is 34.3 Å². The standard InChI is InChI=1S/C27H26FN3O4/c1-16-11-20(35-19-4-2-3-17(28)12-19)7-8-22(16)26(33)23-13-30-27-25(23)24(9-10-29-27)31-18-5-6-21(14-32)34-15-18/h2-4,7-13,18,21,32H,5-6,14-15H2,1H3,(H2,29,30,31)/t18-,21+/m1/s1. The van der Waals surface area contributed by atoms with Gasteiger partial charge in [0.1, 0.15) is 23.0 Å². The van der Waals surface area contributed by atoms with Gasteiger partial charge < -0.3 is 24.9 Å². The molecule has 0 saturated carbocycles. The highest BCUT2D eigenvalue weighted by atomic mass is 19.1. The van der Waals surface area contributed by atoms with Gasteiger partial charge in [0.05, 0.1) is 30.3 Å². The van der Waals surface area contributed by atoms with Crippen LogP contribution in [0.25, 0.3) is 11.0 Å². The topological polar surface area (TPSA) is 96.5 Å². The minimum absolute atomic E-state index is 0.0219. The number of H-pyrrole nitrogens is 1. The molecule has 0 bridgehead atoms. The number of benzene rings is 2. The molecule has 3 N–H and O–H groups in total. The Bertz CT molecular complexity index is 1360. The highest BCUT2D eigenvalue weighted by molar-refractivity contribution is 6.19. The minimum atomic E-state index is -0.378. The first-order valence-corrected chi connectivity index (χ1v) is 11.6. The summed E-state index contributed by atoms with van der Waals surface area (Å²) in [5.41, 5.74) is 3.22. The van der Waals surface area contributed by atoms with Gasteiger partial charge in [0.2, 0.25) is 0 Å². The van der Waals surface area contributed by atoms with Gasteiger partial charge in [-0.15, -0.1) is 0 Å². The van der Waals surface area contributed by atoms with Gasteiger partial charge in [0.25, 0.3) is 0 Å². The van der Waals surface area contributed by atoms with Crippen LogP contribution >= 0.6 is 0 Å². The minimum Gasteiger partial charge on any atom is -0.457 e. The van der Waals surface area contributed by atoms with E-state index in [1.54, 1.807) is 42.7 Å².